The van der Waals surface area contributed by atoms with Crippen LogP contribution in [-0.2, 0) is 20.1 Å². The summed E-state index contributed by atoms with van der Waals surface area (Å²) >= 11 is 0. The predicted octanol–water partition coefficient (Wildman–Crippen LogP) is 10.6. The number of pyridine rings is 2. The Labute approximate surface area is 290 Å². The van der Waals surface area contributed by atoms with E-state index in [-0.39, 0.29) is 36.7 Å². The summed E-state index contributed by atoms with van der Waals surface area (Å²) in [7, 11) is -1.46. The first-order valence-electron chi connectivity index (χ1n) is 15.6. The summed E-state index contributed by atoms with van der Waals surface area (Å²) in [5.41, 5.74) is 6.93. The summed E-state index contributed by atoms with van der Waals surface area (Å²) in [4.78, 5) is 9.02. The number of fused-ring (bicyclic) bond motifs is 3. The van der Waals surface area contributed by atoms with E-state index in [9.17, 15) is 8.78 Å². The first kappa shape index (κ1) is 32.6. The molecule has 47 heavy (non-hydrogen) atoms. The van der Waals surface area contributed by atoms with Crippen molar-refractivity contribution in [3.8, 4) is 33.6 Å². The van der Waals surface area contributed by atoms with Gasteiger partial charge in [0.2, 0.25) is 0 Å². The number of hydrogen-bond donors (Lipinski definition) is 0. The molecule has 0 saturated carbocycles. The molecule has 0 atom stereocenters. The molecule has 0 amide bonds. The summed E-state index contributed by atoms with van der Waals surface area (Å²) in [6, 6.07) is 35.7. The molecule has 3 heterocycles. The summed E-state index contributed by atoms with van der Waals surface area (Å²) in [6.45, 7) is 10.7. The average Bonchev–Trinajstić information content (AvgIpc) is 3.44. The molecule has 7 heteroatoms. The number of aromatic nitrogens is 2. The monoisotopic (exact) mass is 818 g/mol. The first-order chi connectivity index (χ1) is 22.4. The molecule has 3 aromatic heterocycles. The second-order valence-electron chi connectivity index (χ2n) is 12.4. The summed E-state index contributed by atoms with van der Waals surface area (Å²) in [6.07, 6.45) is 3.68. The van der Waals surface area contributed by atoms with E-state index in [0.717, 1.165) is 16.8 Å². The second-order valence-corrected chi connectivity index (χ2v) is 17.4. The number of nitrogens with zero attached hydrogens (tertiary/aromatic N) is 2. The number of halogens is 2. The Bertz CT molecular complexity index is 2190. The van der Waals surface area contributed by atoms with Crippen molar-refractivity contribution in [2.45, 2.75) is 39.4 Å². The van der Waals surface area contributed by atoms with E-state index in [0.29, 0.717) is 16.6 Å². The molecule has 0 spiro atoms. The summed E-state index contributed by atoms with van der Waals surface area (Å²) in [5, 5.41) is 2.18. The van der Waals surface area contributed by atoms with Crippen LogP contribution in [0.15, 0.2) is 114 Å². The van der Waals surface area contributed by atoms with Crippen molar-refractivity contribution < 1.29 is 34.7 Å². The van der Waals surface area contributed by atoms with Crippen LogP contribution in [0.5, 0.6) is 0 Å². The van der Waals surface area contributed by atoms with Crippen LogP contribution in [0.4, 0.5) is 8.78 Å². The third-order valence-electron chi connectivity index (χ3n) is 7.84. The van der Waals surface area contributed by atoms with Crippen molar-refractivity contribution in [3.63, 3.8) is 0 Å². The minimum absolute atomic E-state index is 0. The van der Waals surface area contributed by atoms with Gasteiger partial charge in [0.05, 0.1) is 13.7 Å². The van der Waals surface area contributed by atoms with E-state index in [1.165, 1.54) is 40.6 Å². The maximum atomic E-state index is 14.4. The minimum atomic E-state index is -1.46. The van der Waals surface area contributed by atoms with Gasteiger partial charge in [0, 0.05) is 51.1 Å². The number of benzene rings is 4. The molecule has 0 aliphatic rings. The van der Waals surface area contributed by atoms with Crippen LogP contribution in [0.1, 0.15) is 26.7 Å². The van der Waals surface area contributed by atoms with Crippen LogP contribution in [0.3, 0.4) is 0 Å². The van der Waals surface area contributed by atoms with Gasteiger partial charge in [-0.25, -0.2) is 4.39 Å². The van der Waals surface area contributed by atoms with Crippen molar-refractivity contribution in [1.29, 1.82) is 0 Å². The van der Waals surface area contributed by atoms with Crippen molar-refractivity contribution in [2.24, 2.45) is 0 Å². The average molecular weight is 818 g/mol. The van der Waals surface area contributed by atoms with Gasteiger partial charge < -0.3 is 14.4 Å². The number of hydrogen-bond acceptors (Lipinski definition) is 3. The topological polar surface area (TPSA) is 38.9 Å². The van der Waals surface area contributed by atoms with E-state index in [4.69, 9.17) is 10.8 Å². The Hall–Kier alpha value is -4.29. The van der Waals surface area contributed by atoms with Gasteiger partial charge in [-0.1, -0.05) is 87.1 Å². The molecule has 0 unspecified atom stereocenters. The molecule has 7 aromatic rings. The number of furan rings is 1. The largest absolute Gasteiger partial charge is 0.500 e. The Kier molecular flexibility index (Phi) is 9.88. The molecule has 1 radical (unpaired) electrons. The van der Waals surface area contributed by atoms with Crippen LogP contribution < -0.4 is 5.19 Å². The Balaban J connectivity index is 0.000000186. The fourth-order valence-corrected chi connectivity index (χ4v) is 6.91. The zero-order chi connectivity index (χ0) is 33.3. The molecule has 3 nitrogen and oxygen atoms in total. The third kappa shape index (κ3) is 7.33. The Morgan fingerprint density at radius 1 is 0.851 bits per heavy atom. The fourth-order valence-electron chi connectivity index (χ4n) is 5.43. The van der Waals surface area contributed by atoms with Crippen molar-refractivity contribution in [2.75, 3.05) is 0 Å². The Morgan fingerprint density at radius 2 is 1.62 bits per heavy atom. The first-order valence-corrected chi connectivity index (χ1v) is 18.6. The van der Waals surface area contributed by atoms with Gasteiger partial charge in [-0.3, -0.25) is 4.39 Å². The zero-order valence-corrected chi connectivity index (χ0v) is 30.2. The van der Waals surface area contributed by atoms with E-state index >= 15 is 0 Å². The summed E-state index contributed by atoms with van der Waals surface area (Å²) < 4.78 is 41.8. The predicted molar refractivity (Wildman–Crippen MR) is 187 cm³/mol. The van der Waals surface area contributed by atoms with E-state index in [1.807, 2.05) is 18.2 Å². The van der Waals surface area contributed by atoms with Gasteiger partial charge in [-0.15, -0.1) is 48.0 Å². The van der Waals surface area contributed by atoms with Crippen LogP contribution in [0.2, 0.25) is 19.6 Å². The maximum Gasteiger partial charge on any atom is 0.126 e. The van der Waals surface area contributed by atoms with Gasteiger partial charge in [0.1, 0.15) is 11.4 Å². The Morgan fingerprint density at radius 3 is 2.32 bits per heavy atom. The molecule has 4 aromatic carbocycles. The van der Waals surface area contributed by atoms with Crippen molar-refractivity contribution >= 4 is 35.2 Å². The van der Waals surface area contributed by atoms with Crippen LogP contribution in [0.25, 0.3) is 55.6 Å². The van der Waals surface area contributed by atoms with Crippen LogP contribution in [0, 0.1) is 23.8 Å². The van der Waals surface area contributed by atoms with Gasteiger partial charge in [-0.2, -0.15) is 0 Å². The van der Waals surface area contributed by atoms with Crippen LogP contribution in [-0.4, -0.2) is 18.0 Å². The van der Waals surface area contributed by atoms with Gasteiger partial charge in [-0.05, 0) is 57.2 Å². The molecule has 0 aliphatic heterocycles. The molecule has 239 valence electrons. The van der Waals surface area contributed by atoms with E-state index in [2.05, 4.69) is 85.4 Å². The van der Waals surface area contributed by atoms with Crippen LogP contribution >= 0.6 is 0 Å². The molecule has 0 fully saturated rings. The smallest absolute Gasteiger partial charge is 0.126 e. The number of rotatable bonds is 5. The summed E-state index contributed by atoms with van der Waals surface area (Å²) in [5.74, 6) is -1.73. The molecule has 7 rings (SSSR count). The van der Waals surface area contributed by atoms with Gasteiger partial charge in [0.15, 0.2) is 0 Å². The van der Waals surface area contributed by atoms with Gasteiger partial charge >= 0.3 is 0 Å². The molecule has 0 N–H and O–H groups in total. The van der Waals surface area contributed by atoms with E-state index < -0.39 is 25.6 Å². The third-order valence-corrected chi connectivity index (χ3v) is 9.85. The zero-order valence-electron chi connectivity index (χ0n) is 27.8. The molecule has 0 bridgehead atoms. The normalized spacial score (nSPS) is 11.9. The molecular formula is C40H34F2IrN2OSi-2. The van der Waals surface area contributed by atoms with Crippen molar-refractivity contribution in [1.82, 2.24) is 9.97 Å². The second kappa shape index (κ2) is 14.2. The maximum absolute atomic E-state index is 14.4. The van der Waals surface area contributed by atoms with E-state index in [1.54, 1.807) is 32.2 Å². The van der Waals surface area contributed by atoms with Crippen molar-refractivity contribution in [3.05, 3.63) is 139 Å². The molecule has 0 aliphatic carbocycles. The SMILES string of the molecule is C[Si](C)(C)c1cnc(-c2[c-]cccc2)cc1-c1ccccc1.[2H]C(C)(C)c1ccnc(-c2[c-]cc(F)c3c2oc2cc(F)ccc23)c1.[Ir]. The fraction of sp³-hybridized carbons (Fsp3) is 0.150. The van der Waals surface area contributed by atoms with Gasteiger partial charge in [0.25, 0.3) is 0 Å². The molecular weight excluding hydrogens is 783 g/mol. The molecule has 0 saturated heterocycles. The quantitative estimate of drug-likeness (QED) is 0.128. The minimum Gasteiger partial charge on any atom is -0.500 e. The standard InChI is InChI=1S/C20H14F2NO.C20H20NSi.Ir/c1-11(2)12-7-8-23-17(9-12)14-5-6-16(22)19-15-4-3-13(21)10-18(15)24-20(14)19;1-22(2,3)20-15-21-19(17-12-8-5-9-13-17)14-18(20)16-10-6-4-7-11-16;/h3-4,6-11H,1-2H3;4-12,14-15H,1-3H3;/q2*-1;/i11D;;.